The van der Waals surface area contributed by atoms with Crippen molar-refractivity contribution in [2.75, 3.05) is 26.2 Å². The van der Waals surface area contributed by atoms with Crippen molar-refractivity contribution in [2.24, 2.45) is 0 Å². The molecular formula is C17H26BFN2O2. The lowest BCUT2D eigenvalue weighted by Gasteiger charge is -2.32. The van der Waals surface area contributed by atoms with E-state index < -0.39 is 18.3 Å². The summed E-state index contributed by atoms with van der Waals surface area (Å²) in [6.45, 7) is 12.8. The highest BCUT2D eigenvalue weighted by Crippen LogP contribution is 2.36. The normalized spacial score (nSPS) is 24.1. The van der Waals surface area contributed by atoms with E-state index in [0.29, 0.717) is 0 Å². The van der Waals surface area contributed by atoms with Gasteiger partial charge in [0.1, 0.15) is 5.82 Å². The molecule has 0 unspecified atom stereocenters. The van der Waals surface area contributed by atoms with Crippen LogP contribution in [-0.4, -0.2) is 49.4 Å². The van der Waals surface area contributed by atoms with Crippen LogP contribution < -0.4 is 10.8 Å². The standard InChI is InChI=1S/C17H26BFN2O2/c1-16(2)17(3,4)23-18(22-16)15-11-14(19)6-5-13(15)12-21-9-7-20-8-10-21/h5-6,11,20H,7-10,12H2,1-4H3. The van der Waals surface area contributed by atoms with Crippen molar-refractivity contribution in [1.29, 1.82) is 0 Å². The maximum Gasteiger partial charge on any atom is 0.495 e. The molecule has 0 spiro atoms. The average Bonchev–Trinajstić information content (AvgIpc) is 2.70. The summed E-state index contributed by atoms with van der Waals surface area (Å²) in [7, 11) is -0.520. The first kappa shape index (κ1) is 16.9. The first-order valence-corrected chi connectivity index (χ1v) is 8.35. The van der Waals surface area contributed by atoms with Crippen LogP contribution in [0.15, 0.2) is 18.2 Å². The van der Waals surface area contributed by atoms with Crippen LogP contribution in [0.3, 0.4) is 0 Å². The third-order valence-corrected chi connectivity index (χ3v) is 5.22. The monoisotopic (exact) mass is 320 g/mol. The van der Waals surface area contributed by atoms with Crippen molar-refractivity contribution in [3.8, 4) is 0 Å². The molecule has 23 heavy (non-hydrogen) atoms. The van der Waals surface area contributed by atoms with E-state index in [4.69, 9.17) is 9.31 Å². The van der Waals surface area contributed by atoms with E-state index in [-0.39, 0.29) is 5.82 Å². The third kappa shape index (κ3) is 3.45. The fourth-order valence-electron chi connectivity index (χ4n) is 3.01. The Kier molecular flexibility index (Phi) is 4.53. The Morgan fingerprint density at radius 3 is 2.35 bits per heavy atom. The van der Waals surface area contributed by atoms with E-state index in [1.54, 1.807) is 6.07 Å². The minimum absolute atomic E-state index is 0.251. The second kappa shape index (κ2) is 6.17. The number of halogens is 1. The zero-order valence-corrected chi connectivity index (χ0v) is 14.5. The van der Waals surface area contributed by atoms with Gasteiger partial charge in [-0.05, 0) is 50.9 Å². The molecule has 0 radical (unpaired) electrons. The summed E-state index contributed by atoms with van der Waals surface area (Å²) < 4.78 is 26.1. The molecule has 2 saturated heterocycles. The Morgan fingerprint density at radius 1 is 1.13 bits per heavy atom. The van der Waals surface area contributed by atoms with Crippen LogP contribution in [0.4, 0.5) is 4.39 Å². The second-order valence-corrected chi connectivity index (χ2v) is 7.46. The molecule has 6 heteroatoms. The molecule has 126 valence electrons. The van der Waals surface area contributed by atoms with Crippen LogP contribution >= 0.6 is 0 Å². The van der Waals surface area contributed by atoms with Crippen molar-refractivity contribution in [2.45, 2.75) is 45.4 Å². The molecular weight excluding hydrogens is 294 g/mol. The maximum atomic E-state index is 13.8. The summed E-state index contributed by atoms with van der Waals surface area (Å²) in [4.78, 5) is 2.37. The minimum atomic E-state index is -0.520. The summed E-state index contributed by atoms with van der Waals surface area (Å²) in [6.07, 6.45) is 0. The lowest BCUT2D eigenvalue weighted by molar-refractivity contribution is 0.00578. The SMILES string of the molecule is CC1(C)OB(c2cc(F)ccc2CN2CCNCC2)OC1(C)C. The molecule has 0 atom stereocenters. The summed E-state index contributed by atoms with van der Waals surface area (Å²) in [5, 5.41) is 3.35. The second-order valence-electron chi connectivity index (χ2n) is 7.46. The molecule has 0 bridgehead atoms. The van der Waals surface area contributed by atoms with Gasteiger partial charge in [0, 0.05) is 32.7 Å². The zero-order valence-electron chi connectivity index (χ0n) is 14.5. The van der Waals surface area contributed by atoms with Gasteiger partial charge < -0.3 is 14.6 Å². The molecule has 0 amide bonds. The van der Waals surface area contributed by atoms with Gasteiger partial charge in [0.25, 0.3) is 0 Å². The van der Waals surface area contributed by atoms with Crippen LogP contribution in [0.1, 0.15) is 33.3 Å². The van der Waals surface area contributed by atoms with E-state index in [1.165, 1.54) is 6.07 Å². The lowest BCUT2D eigenvalue weighted by atomic mass is 9.75. The number of hydrogen-bond acceptors (Lipinski definition) is 4. The van der Waals surface area contributed by atoms with Gasteiger partial charge in [0.2, 0.25) is 0 Å². The predicted molar refractivity (Wildman–Crippen MR) is 90.3 cm³/mol. The van der Waals surface area contributed by atoms with Gasteiger partial charge in [-0.25, -0.2) is 4.39 Å². The van der Waals surface area contributed by atoms with Crippen molar-refractivity contribution < 1.29 is 13.7 Å². The van der Waals surface area contributed by atoms with Gasteiger partial charge in [-0.1, -0.05) is 6.07 Å². The molecule has 4 nitrogen and oxygen atoms in total. The van der Waals surface area contributed by atoms with E-state index >= 15 is 0 Å². The van der Waals surface area contributed by atoms with Crippen molar-refractivity contribution in [1.82, 2.24) is 10.2 Å². The van der Waals surface area contributed by atoms with Crippen LogP contribution in [0.25, 0.3) is 0 Å². The zero-order chi connectivity index (χ0) is 16.7. The van der Waals surface area contributed by atoms with Crippen molar-refractivity contribution in [3.05, 3.63) is 29.6 Å². The molecule has 1 aromatic rings. The first-order valence-electron chi connectivity index (χ1n) is 8.35. The first-order chi connectivity index (χ1) is 10.8. The predicted octanol–water partition coefficient (Wildman–Crippen LogP) is 1.53. The number of piperazine rings is 1. The highest BCUT2D eigenvalue weighted by atomic mass is 19.1. The van der Waals surface area contributed by atoms with Crippen LogP contribution in [0, 0.1) is 5.82 Å². The Balaban J connectivity index is 1.85. The minimum Gasteiger partial charge on any atom is -0.399 e. The van der Waals surface area contributed by atoms with Gasteiger partial charge in [0.15, 0.2) is 0 Å². The molecule has 0 aliphatic carbocycles. The van der Waals surface area contributed by atoms with Crippen LogP contribution in [0.2, 0.25) is 0 Å². The van der Waals surface area contributed by atoms with Gasteiger partial charge >= 0.3 is 7.12 Å². The molecule has 0 aromatic heterocycles. The molecule has 1 N–H and O–H groups in total. The van der Waals surface area contributed by atoms with Crippen LogP contribution in [0.5, 0.6) is 0 Å². The Morgan fingerprint density at radius 2 is 1.74 bits per heavy atom. The van der Waals surface area contributed by atoms with E-state index in [2.05, 4.69) is 10.2 Å². The van der Waals surface area contributed by atoms with Gasteiger partial charge in [-0.2, -0.15) is 0 Å². The molecule has 2 aliphatic rings. The third-order valence-electron chi connectivity index (χ3n) is 5.22. The molecule has 2 aliphatic heterocycles. The van der Waals surface area contributed by atoms with E-state index in [0.717, 1.165) is 43.8 Å². The van der Waals surface area contributed by atoms with E-state index in [9.17, 15) is 4.39 Å². The highest BCUT2D eigenvalue weighted by molar-refractivity contribution is 6.62. The molecule has 3 rings (SSSR count). The van der Waals surface area contributed by atoms with E-state index in [1.807, 2.05) is 33.8 Å². The Bertz CT molecular complexity index is 558. The molecule has 0 saturated carbocycles. The van der Waals surface area contributed by atoms with Crippen LogP contribution in [-0.2, 0) is 15.9 Å². The number of nitrogens with zero attached hydrogens (tertiary/aromatic N) is 1. The summed E-state index contributed by atoms with van der Waals surface area (Å²) >= 11 is 0. The summed E-state index contributed by atoms with van der Waals surface area (Å²) in [6, 6.07) is 4.93. The summed E-state index contributed by atoms with van der Waals surface area (Å²) in [5.74, 6) is -0.251. The number of hydrogen-bond donors (Lipinski definition) is 1. The number of benzene rings is 1. The smallest absolute Gasteiger partial charge is 0.399 e. The quantitative estimate of drug-likeness (QED) is 0.857. The van der Waals surface area contributed by atoms with Gasteiger partial charge in [0.05, 0.1) is 11.2 Å². The lowest BCUT2D eigenvalue weighted by Crippen LogP contribution is -2.45. The Labute approximate surface area is 138 Å². The number of rotatable bonds is 3. The molecule has 2 fully saturated rings. The van der Waals surface area contributed by atoms with Crippen molar-refractivity contribution in [3.63, 3.8) is 0 Å². The van der Waals surface area contributed by atoms with Gasteiger partial charge in [-0.15, -0.1) is 0 Å². The highest BCUT2D eigenvalue weighted by Gasteiger charge is 2.52. The number of nitrogens with one attached hydrogen (secondary N) is 1. The van der Waals surface area contributed by atoms with Gasteiger partial charge in [-0.3, -0.25) is 4.90 Å². The summed E-state index contributed by atoms with van der Waals surface area (Å²) in [5.41, 5.74) is 1.04. The fourth-order valence-corrected chi connectivity index (χ4v) is 3.01. The average molecular weight is 320 g/mol. The van der Waals surface area contributed by atoms with Crippen molar-refractivity contribution >= 4 is 12.6 Å². The maximum absolute atomic E-state index is 13.8. The largest absolute Gasteiger partial charge is 0.495 e. The molecule has 2 heterocycles. The Hall–Kier alpha value is -0.945. The molecule has 1 aromatic carbocycles. The topological polar surface area (TPSA) is 33.7 Å². The fraction of sp³-hybridized carbons (Fsp3) is 0.647.